The minimum atomic E-state index is 0.697. The van der Waals surface area contributed by atoms with Crippen LogP contribution in [-0.2, 0) is 13.1 Å². The van der Waals surface area contributed by atoms with Crippen molar-refractivity contribution in [1.29, 1.82) is 0 Å². The molecule has 0 unspecified atom stereocenters. The van der Waals surface area contributed by atoms with Crippen molar-refractivity contribution in [3.8, 4) is 0 Å². The van der Waals surface area contributed by atoms with Crippen LogP contribution >= 0.6 is 23.2 Å². The first-order chi connectivity index (χ1) is 11.0. The minimum absolute atomic E-state index is 0.697. The van der Waals surface area contributed by atoms with Crippen molar-refractivity contribution in [3.63, 3.8) is 0 Å². The molecule has 0 spiro atoms. The number of benzene rings is 1. The zero-order valence-corrected chi connectivity index (χ0v) is 15.2. The molecule has 3 rings (SSSR count). The molecule has 0 aliphatic carbocycles. The average Bonchev–Trinajstić information content (AvgIpc) is 2.82. The summed E-state index contributed by atoms with van der Waals surface area (Å²) in [6.07, 6.45) is 2.42. The van der Waals surface area contributed by atoms with E-state index in [0.29, 0.717) is 10.9 Å². The molecule has 1 saturated heterocycles. The molecule has 2 heterocycles. The van der Waals surface area contributed by atoms with Gasteiger partial charge < -0.3 is 0 Å². The molecule has 5 heteroatoms. The molecule has 0 saturated carbocycles. The van der Waals surface area contributed by atoms with Gasteiger partial charge in [0.2, 0.25) is 0 Å². The van der Waals surface area contributed by atoms with Gasteiger partial charge in [0.25, 0.3) is 0 Å². The number of rotatable bonds is 4. The fourth-order valence-corrected chi connectivity index (χ4v) is 3.79. The average molecular weight is 352 g/mol. The Hall–Kier alpha value is -1.03. The highest BCUT2D eigenvalue weighted by Gasteiger charge is 2.21. The van der Waals surface area contributed by atoms with Crippen LogP contribution in [0.3, 0.4) is 0 Å². The number of hydrogen-bond donors (Lipinski definition) is 0. The molecule has 0 atom stereocenters. The maximum atomic E-state index is 6.28. The number of hydrogen-bond acceptors (Lipinski definition) is 2. The molecule has 0 radical (unpaired) electrons. The molecule has 1 aliphatic heterocycles. The highest BCUT2D eigenvalue weighted by molar-refractivity contribution is 6.35. The summed E-state index contributed by atoms with van der Waals surface area (Å²) < 4.78 is 2.16. The Morgan fingerprint density at radius 3 is 2.48 bits per heavy atom. The fraction of sp³-hybridized carbons (Fsp3) is 0.500. The molecular weight excluding hydrogens is 329 g/mol. The number of piperidine rings is 1. The van der Waals surface area contributed by atoms with Crippen molar-refractivity contribution in [2.75, 3.05) is 13.1 Å². The van der Waals surface area contributed by atoms with E-state index in [0.717, 1.165) is 42.5 Å². The lowest BCUT2D eigenvalue weighted by atomic mass is 9.96. The predicted molar refractivity (Wildman–Crippen MR) is 96.2 cm³/mol. The van der Waals surface area contributed by atoms with Gasteiger partial charge in [-0.05, 0) is 69.5 Å². The third-order valence-electron chi connectivity index (χ3n) is 4.65. The fourth-order valence-electron chi connectivity index (χ4n) is 3.32. The van der Waals surface area contributed by atoms with Crippen LogP contribution in [0, 0.1) is 19.8 Å². The molecular formula is C18H23Cl2N3. The maximum absolute atomic E-state index is 6.28. The van der Waals surface area contributed by atoms with Gasteiger partial charge in [-0.3, -0.25) is 9.58 Å². The van der Waals surface area contributed by atoms with Gasteiger partial charge in [0, 0.05) is 28.8 Å². The van der Waals surface area contributed by atoms with Crippen LogP contribution in [-0.4, -0.2) is 27.8 Å². The largest absolute Gasteiger partial charge is 0.299 e. The molecule has 1 aliphatic rings. The second-order valence-corrected chi connectivity index (χ2v) is 7.41. The van der Waals surface area contributed by atoms with Crippen LogP contribution in [0.5, 0.6) is 0 Å². The van der Waals surface area contributed by atoms with Gasteiger partial charge in [-0.1, -0.05) is 29.3 Å². The third-order valence-corrected chi connectivity index (χ3v) is 5.24. The van der Waals surface area contributed by atoms with Crippen molar-refractivity contribution in [2.24, 2.45) is 5.92 Å². The molecule has 2 aromatic rings. The maximum Gasteiger partial charge on any atom is 0.0596 e. The SMILES string of the molecule is Cc1cc(C)n(CC2CCN(Cc3ccc(Cl)cc3Cl)CC2)n1. The normalized spacial score (nSPS) is 16.9. The monoisotopic (exact) mass is 351 g/mol. The smallest absolute Gasteiger partial charge is 0.0596 e. The summed E-state index contributed by atoms with van der Waals surface area (Å²) in [6, 6.07) is 7.93. The van der Waals surface area contributed by atoms with E-state index in [1.807, 2.05) is 18.2 Å². The standard InChI is InChI=1S/C18H23Cl2N3/c1-13-9-14(2)23(21-13)11-15-5-7-22(8-6-15)12-16-3-4-17(19)10-18(16)20/h3-4,9-10,15H,5-8,11-12H2,1-2H3. The summed E-state index contributed by atoms with van der Waals surface area (Å²) in [5, 5.41) is 6.05. The van der Waals surface area contributed by atoms with Gasteiger partial charge in [-0.2, -0.15) is 5.10 Å². The number of aryl methyl sites for hydroxylation is 2. The first-order valence-electron chi connectivity index (χ1n) is 8.18. The Morgan fingerprint density at radius 1 is 1.13 bits per heavy atom. The summed E-state index contributed by atoms with van der Waals surface area (Å²) in [5.74, 6) is 0.713. The van der Waals surface area contributed by atoms with Crippen molar-refractivity contribution >= 4 is 23.2 Å². The van der Waals surface area contributed by atoms with Crippen LogP contribution in [0.2, 0.25) is 10.0 Å². The molecule has 0 bridgehead atoms. The summed E-state index contributed by atoms with van der Waals surface area (Å²) in [7, 11) is 0. The van der Waals surface area contributed by atoms with Gasteiger partial charge in [0.1, 0.15) is 0 Å². The molecule has 1 fully saturated rings. The Morgan fingerprint density at radius 2 is 1.87 bits per heavy atom. The molecule has 1 aromatic carbocycles. The number of halogens is 2. The van der Waals surface area contributed by atoms with Crippen LogP contribution in [0.4, 0.5) is 0 Å². The molecule has 0 N–H and O–H groups in total. The van der Waals surface area contributed by atoms with E-state index in [9.17, 15) is 0 Å². The van der Waals surface area contributed by atoms with E-state index < -0.39 is 0 Å². The molecule has 3 nitrogen and oxygen atoms in total. The van der Waals surface area contributed by atoms with Crippen LogP contribution in [0.15, 0.2) is 24.3 Å². The van der Waals surface area contributed by atoms with Crippen molar-refractivity contribution < 1.29 is 0 Å². The summed E-state index contributed by atoms with van der Waals surface area (Å²) in [4.78, 5) is 2.48. The lowest BCUT2D eigenvalue weighted by Crippen LogP contribution is -2.34. The lowest BCUT2D eigenvalue weighted by molar-refractivity contribution is 0.164. The van der Waals surface area contributed by atoms with Crippen molar-refractivity contribution in [2.45, 2.75) is 39.8 Å². The lowest BCUT2D eigenvalue weighted by Gasteiger charge is -2.32. The number of nitrogens with zero attached hydrogens (tertiary/aromatic N) is 3. The van der Waals surface area contributed by atoms with E-state index in [1.165, 1.54) is 18.5 Å². The first kappa shape index (κ1) is 16.8. The van der Waals surface area contributed by atoms with Gasteiger partial charge in [-0.15, -0.1) is 0 Å². The highest BCUT2D eigenvalue weighted by atomic mass is 35.5. The van der Waals surface area contributed by atoms with Crippen molar-refractivity contribution in [1.82, 2.24) is 14.7 Å². The molecule has 0 amide bonds. The topological polar surface area (TPSA) is 21.1 Å². The minimum Gasteiger partial charge on any atom is -0.299 e. The predicted octanol–water partition coefficient (Wildman–Crippen LogP) is 4.72. The van der Waals surface area contributed by atoms with E-state index >= 15 is 0 Å². The first-order valence-corrected chi connectivity index (χ1v) is 8.94. The van der Waals surface area contributed by atoms with E-state index in [4.69, 9.17) is 23.2 Å². The van der Waals surface area contributed by atoms with Crippen LogP contribution in [0.25, 0.3) is 0 Å². The van der Waals surface area contributed by atoms with Gasteiger partial charge in [-0.25, -0.2) is 0 Å². The van der Waals surface area contributed by atoms with Gasteiger partial charge in [0.15, 0.2) is 0 Å². The van der Waals surface area contributed by atoms with E-state index in [2.05, 4.69) is 34.6 Å². The molecule has 23 heavy (non-hydrogen) atoms. The zero-order valence-electron chi connectivity index (χ0n) is 13.7. The van der Waals surface area contributed by atoms with Gasteiger partial charge >= 0.3 is 0 Å². The highest BCUT2D eigenvalue weighted by Crippen LogP contribution is 2.25. The second-order valence-electron chi connectivity index (χ2n) is 6.56. The quantitative estimate of drug-likeness (QED) is 0.794. The Kier molecular flexibility index (Phi) is 5.30. The van der Waals surface area contributed by atoms with Crippen molar-refractivity contribution in [3.05, 3.63) is 51.3 Å². The number of likely N-dealkylation sites (tertiary alicyclic amines) is 1. The summed E-state index contributed by atoms with van der Waals surface area (Å²) >= 11 is 12.2. The van der Waals surface area contributed by atoms with E-state index in [1.54, 1.807) is 0 Å². The zero-order chi connectivity index (χ0) is 16.4. The van der Waals surface area contributed by atoms with Gasteiger partial charge in [0.05, 0.1) is 5.69 Å². The van der Waals surface area contributed by atoms with Crippen LogP contribution < -0.4 is 0 Å². The Labute approximate surface area is 148 Å². The Balaban J connectivity index is 1.53. The third kappa shape index (κ3) is 4.28. The van der Waals surface area contributed by atoms with E-state index in [-0.39, 0.29) is 0 Å². The molecule has 1 aromatic heterocycles. The Bertz CT molecular complexity index is 673. The second kappa shape index (κ2) is 7.25. The summed E-state index contributed by atoms with van der Waals surface area (Å²) in [5.41, 5.74) is 3.53. The molecule has 124 valence electrons. The number of aromatic nitrogens is 2. The summed E-state index contributed by atoms with van der Waals surface area (Å²) in [6.45, 7) is 8.36. The van der Waals surface area contributed by atoms with Crippen LogP contribution in [0.1, 0.15) is 29.8 Å².